The van der Waals surface area contributed by atoms with Crippen molar-refractivity contribution in [1.82, 2.24) is 4.98 Å². The van der Waals surface area contributed by atoms with E-state index >= 15 is 0 Å². The van der Waals surface area contributed by atoms with Gasteiger partial charge < -0.3 is 0 Å². The molecule has 0 N–H and O–H groups in total. The van der Waals surface area contributed by atoms with Crippen molar-refractivity contribution in [2.24, 2.45) is 0 Å². The van der Waals surface area contributed by atoms with Crippen molar-refractivity contribution in [3.63, 3.8) is 0 Å². The maximum absolute atomic E-state index is 4.89. The molecule has 0 saturated carbocycles. The molecule has 0 spiro atoms. The fraction of sp³-hybridized carbons (Fsp3) is 0.250. The number of para-hydroxylation sites is 2. The van der Waals surface area contributed by atoms with E-state index < -0.39 is 0 Å². The Balaban J connectivity index is 1.76. The van der Waals surface area contributed by atoms with Gasteiger partial charge in [0.25, 0.3) is 0 Å². The average molecular weight is 341 g/mol. The summed E-state index contributed by atoms with van der Waals surface area (Å²) in [5, 5.41) is 2.46. The Labute approximate surface area is 155 Å². The summed E-state index contributed by atoms with van der Waals surface area (Å²) in [6.45, 7) is 3.32. The van der Waals surface area contributed by atoms with Crippen LogP contribution in [0.3, 0.4) is 0 Å². The molecule has 0 radical (unpaired) electrons. The lowest BCUT2D eigenvalue weighted by atomic mass is 10.1. The number of unbranched alkanes of at least 4 members (excludes halogenated alkanes) is 3. The molecule has 0 aliphatic carbocycles. The standard InChI is InChI=1S/C24H25N2/c1-2-3-4-9-16-26-18-21(17-20-11-6-8-13-24(20)26)23-15-14-19-10-5-7-12-22(19)25-23/h5-8,10-15,17-18H,2-4,9,16H2,1H3/q+1. The van der Waals surface area contributed by atoms with Gasteiger partial charge in [0, 0.05) is 23.3 Å². The highest BCUT2D eigenvalue weighted by atomic mass is 14.9. The summed E-state index contributed by atoms with van der Waals surface area (Å²) in [6, 6.07) is 23.5. The SMILES string of the molecule is CCCCCC[n+]1cc(-c2ccc3ccccc3n2)cc2ccccc21. The van der Waals surface area contributed by atoms with Crippen molar-refractivity contribution < 1.29 is 4.57 Å². The second-order valence-corrected chi connectivity index (χ2v) is 6.93. The van der Waals surface area contributed by atoms with E-state index in [1.165, 1.54) is 47.5 Å². The third-order valence-electron chi connectivity index (χ3n) is 5.00. The first-order chi connectivity index (χ1) is 12.8. The summed E-state index contributed by atoms with van der Waals surface area (Å²) in [7, 11) is 0. The predicted octanol–water partition coefficient (Wildman–Crippen LogP) is 5.92. The van der Waals surface area contributed by atoms with Crippen molar-refractivity contribution in [2.75, 3.05) is 0 Å². The summed E-state index contributed by atoms with van der Waals surface area (Å²) in [4.78, 5) is 4.89. The monoisotopic (exact) mass is 341 g/mol. The topological polar surface area (TPSA) is 16.8 Å². The first kappa shape index (κ1) is 16.7. The number of benzene rings is 2. The minimum absolute atomic E-state index is 1.04. The van der Waals surface area contributed by atoms with Crippen molar-refractivity contribution in [2.45, 2.75) is 39.2 Å². The van der Waals surface area contributed by atoms with Gasteiger partial charge in [-0.2, -0.15) is 4.57 Å². The fourth-order valence-electron chi connectivity index (χ4n) is 3.57. The summed E-state index contributed by atoms with van der Waals surface area (Å²) in [5.74, 6) is 0. The fourth-order valence-corrected chi connectivity index (χ4v) is 3.57. The van der Waals surface area contributed by atoms with Gasteiger partial charge in [-0.05, 0) is 30.7 Å². The second kappa shape index (κ2) is 7.65. The molecular weight excluding hydrogens is 316 g/mol. The number of hydrogen-bond acceptors (Lipinski definition) is 1. The maximum atomic E-state index is 4.89. The van der Waals surface area contributed by atoms with Crippen LogP contribution in [0, 0.1) is 0 Å². The molecule has 0 atom stereocenters. The van der Waals surface area contributed by atoms with E-state index in [0.29, 0.717) is 0 Å². The van der Waals surface area contributed by atoms with Crippen molar-refractivity contribution in [1.29, 1.82) is 0 Å². The Kier molecular flexibility index (Phi) is 4.92. The highest BCUT2D eigenvalue weighted by Gasteiger charge is 2.13. The molecule has 0 aliphatic rings. The molecule has 0 amide bonds. The maximum Gasteiger partial charge on any atom is 0.212 e. The number of aryl methyl sites for hydroxylation is 1. The number of nitrogens with zero attached hydrogens (tertiary/aromatic N) is 2. The van der Waals surface area contributed by atoms with Gasteiger partial charge in [0.1, 0.15) is 6.54 Å². The van der Waals surface area contributed by atoms with Gasteiger partial charge in [-0.15, -0.1) is 0 Å². The van der Waals surface area contributed by atoms with Gasteiger partial charge in [-0.1, -0.05) is 56.2 Å². The van der Waals surface area contributed by atoms with E-state index in [0.717, 1.165) is 17.8 Å². The second-order valence-electron chi connectivity index (χ2n) is 6.93. The molecule has 0 aliphatic heterocycles. The van der Waals surface area contributed by atoms with Crippen LogP contribution in [-0.4, -0.2) is 4.98 Å². The Morgan fingerprint density at radius 1 is 0.808 bits per heavy atom. The van der Waals surface area contributed by atoms with Crippen LogP contribution in [0.4, 0.5) is 0 Å². The van der Waals surface area contributed by atoms with Crippen LogP contribution in [0.5, 0.6) is 0 Å². The van der Waals surface area contributed by atoms with Gasteiger partial charge >= 0.3 is 0 Å². The minimum Gasteiger partial charge on any atom is -0.248 e. The molecule has 0 fully saturated rings. The number of fused-ring (bicyclic) bond motifs is 2. The van der Waals surface area contributed by atoms with Gasteiger partial charge in [0.2, 0.25) is 5.52 Å². The van der Waals surface area contributed by atoms with Gasteiger partial charge in [0.15, 0.2) is 6.20 Å². The molecular formula is C24H25N2+. The van der Waals surface area contributed by atoms with E-state index in [-0.39, 0.29) is 0 Å². The number of rotatable bonds is 6. The molecule has 0 unspecified atom stereocenters. The summed E-state index contributed by atoms with van der Waals surface area (Å²) < 4.78 is 2.40. The Bertz CT molecular complexity index is 1040. The largest absolute Gasteiger partial charge is 0.248 e. The van der Waals surface area contributed by atoms with E-state index in [9.17, 15) is 0 Å². The summed E-state index contributed by atoms with van der Waals surface area (Å²) >= 11 is 0. The molecule has 4 rings (SSSR count). The highest BCUT2D eigenvalue weighted by molar-refractivity contribution is 5.84. The normalized spacial score (nSPS) is 11.3. The number of aromatic nitrogens is 2. The molecule has 130 valence electrons. The van der Waals surface area contributed by atoms with Crippen LogP contribution in [0.25, 0.3) is 33.1 Å². The lowest BCUT2D eigenvalue weighted by Crippen LogP contribution is -2.34. The highest BCUT2D eigenvalue weighted by Crippen LogP contribution is 2.23. The molecule has 2 heterocycles. The zero-order valence-corrected chi connectivity index (χ0v) is 15.4. The molecule has 2 aromatic carbocycles. The average Bonchev–Trinajstić information content (AvgIpc) is 2.70. The number of hydrogen-bond donors (Lipinski definition) is 0. The molecule has 4 aromatic rings. The lowest BCUT2D eigenvalue weighted by molar-refractivity contribution is -0.671. The van der Waals surface area contributed by atoms with E-state index in [4.69, 9.17) is 4.98 Å². The molecule has 2 nitrogen and oxygen atoms in total. The molecule has 2 aromatic heterocycles. The van der Waals surface area contributed by atoms with E-state index in [1.807, 2.05) is 6.07 Å². The van der Waals surface area contributed by atoms with Crippen LogP contribution in [0.2, 0.25) is 0 Å². The molecule has 2 heteroatoms. The summed E-state index contributed by atoms with van der Waals surface area (Å²) in [6.07, 6.45) is 7.36. The van der Waals surface area contributed by atoms with Gasteiger partial charge in [-0.3, -0.25) is 0 Å². The summed E-state index contributed by atoms with van der Waals surface area (Å²) in [5.41, 5.74) is 4.57. The van der Waals surface area contributed by atoms with Gasteiger partial charge in [0.05, 0.1) is 16.8 Å². The lowest BCUT2D eigenvalue weighted by Gasteiger charge is -2.07. The van der Waals surface area contributed by atoms with Crippen molar-refractivity contribution >= 4 is 21.8 Å². The predicted molar refractivity (Wildman–Crippen MR) is 109 cm³/mol. The van der Waals surface area contributed by atoms with Crippen LogP contribution < -0.4 is 4.57 Å². The number of pyridine rings is 2. The van der Waals surface area contributed by atoms with Crippen molar-refractivity contribution in [3.05, 3.63) is 72.9 Å². The quantitative estimate of drug-likeness (QED) is 0.314. The zero-order chi connectivity index (χ0) is 17.8. The smallest absolute Gasteiger partial charge is 0.212 e. The van der Waals surface area contributed by atoms with E-state index in [2.05, 4.69) is 78.4 Å². The van der Waals surface area contributed by atoms with Crippen LogP contribution >= 0.6 is 0 Å². The minimum atomic E-state index is 1.04. The Morgan fingerprint density at radius 2 is 1.62 bits per heavy atom. The van der Waals surface area contributed by atoms with Crippen LogP contribution in [0.15, 0.2) is 72.9 Å². The Hall–Kier alpha value is -2.74. The zero-order valence-electron chi connectivity index (χ0n) is 15.4. The van der Waals surface area contributed by atoms with Crippen LogP contribution in [-0.2, 0) is 6.54 Å². The Morgan fingerprint density at radius 3 is 2.50 bits per heavy atom. The third-order valence-corrected chi connectivity index (χ3v) is 5.00. The molecule has 26 heavy (non-hydrogen) atoms. The van der Waals surface area contributed by atoms with Gasteiger partial charge in [-0.25, -0.2) is 4.98 Å². The first-order valence-corrected chi connectivity index (χ1v) is 9.63. The molecule has 0 saturated heterocycles. The van der Waals surface area contributed by atoms with Crippen LogP contribution in [0.1, 0.15) is 32.6 Å². The third kappa shape index (κ3) is 3.45. The first-order valence-electron chi connectivity index (χ1n) is 9.63. The van der Waals surface area contributed by atoms with Crippen molar-refractivity contribution in [3.8, 4) is 11.3 Å². The van der Waals surface area contributed by atoms with E-state index in [1.54, 1.807) is 0 Å². The molecule has 0 bridgehead atoms.